The molecule has 1 aromatic carbocycles. The number of hydrogen-bond donors (Lipinski definition) is 2. The van der Waals surface area contributed by atoms with Crippen LogP contribution in [0.3, 0.4) is 0 Å². The van der Waals surface area contributed by atoms with Crippen LogP contribution in [0.15, 0.2) is 65.6 Å². The maximum absolute atomic E-state index is 12.4. The molecule has 6 rings (SSSR count). The van der Waals surface area contributed by atoms with E-state index in [9.17, 15) is 4.79 Å². The fourth-order valence-corrected chi connectivity index (χ4v) is 3.33. The molecule has 10 heteroatoms. The summed E-state index contributed by atoms with van der Waals surface area (Å²) >= 11 is 0. The lowest BCUT2D eigenvalue weighted by Gasteiger charge is -2.24. The molecule has 2 N–H and O–H groups in total. The van der Waals surface area contributed by atoms with Crippen LogP contribution in [0.4, 0.5) is 0 Å². The van der Waals surface area contributed by atoms with Crippen LogP contribution in [0.25, 0.3) is 22.5 Å². The monoisotopic (exact) mass is 414 g/mol. The van der Waals surface area contributed by atoms with E-state index in [1.807, 2.05) is 30.5 Å². The number of benzene rings is 1. The van der Waals surface area contributed by atoms with Gasteiger partial charge in [0.1, 0.15) is 5.69 Å². The van der Waals surface area contributed by atoms with Crippen LogP contribution in [0, 0.1) is 0 Å². The van der Waals surface area contributed by atoms with Crippen LogP contribution in [0.2, 0.25) is 0 Å². The number of aromatic amines is 2. The number of pyridine rings is 1. The van der Waals surface area contributed by atoms with E-state index in [-0.39, 0.29) is 17.7 Å². The number of nitrogens with one attached hydrogen (secondary N) is 2. The summed E-state index contributed by atoms with van der Waals surface area (Å²) in [6, 6.07) is 13.8. The molecule has 5 heterocycles. The first-order valence-electron chi connectivity index (χ1n) is 9.71. The second-order valence-electron chi connectivity index (χ2n) is 6.88. The van der Waals surface area contributed by atoms with Crippen molar-refractivity contribution in [3.63, 3.8) is 0 Å². The Kier molecular flexibility index (Phi) is 4.93. The quantitative estimate of drug-likeness (QED) is 0.454. The number of aromatic nitrogens is 7. The van der Waals surface area contributed by atoms with Gasteiger partial charge in [0.2, 0.25) is 0 Å². The molecule has 0 atom stereocenters. The Morgan fingerprint density at radius 2 is 1.94 bits per heavy atom. The molecule has 5 aromatic rings. The topological polar surface area (TPSA) is 129 Å². The molecule has 31 heavy (non-hydrogen) atoms. The van der Waals surface area contributed by atoms with Gasteiger partial charge in [0, 0.05) is 30.7 Å². The Balaban J connectivity index is 0.000000171. The molecule has 0 fully saturated rings. The van der Waals surface area contributed by atoms with E-state index in [4.69, 9.17) is 4.42 Å². The maximum atomic E-state index is 12.4. The van der Waals surface area contributed by atoms with Crippen molar-refractivity contribution in [2.24, 2.45) is 0 Å². The molecule has 4 aromatic heterocycles. The highest BCUT2D eigenvalue weighted by atomic mass is 16.4. The Labute approximate surface area is 176 Å². The number of carbonyl (C=O) groups is 1. The molecule has 1 aliphatic rings. The second kappa shape index (κ2) is 8.19. The fraction of sp³-hybridized carbons (Fsp3) is 0.143. The molecule has 10 nitrogen and oxygen atoms in total. The zero-order valence-corrected chi connectivity index (χ0v) is 16.4. The highest BCUT2D eigenvalue weighted by Gasteiger charge is 2.27. The highest BCUT2D eigenvalue weighted by Crippen LogP contribution is 2.19. The van der Waals surface area contributed by atoms with Crippen LogP contribution >= 0.6 is 0 Å². The molecular weight excluding hydrogens is 396 g/mol. The van der Waals surface area contributed by atoms with Gasteiger partial charge in [-0.2, -0.15) is 5.10 Å². The zero-order chi connectivity index (χ0) is 21.0. The van der Waals surface area contributed by atoms with Crippen LogP contribution in [-0.4, -0.2) is 52.7 Å². The summed E-state index contributed by atoms with van der Waals surface area (Å²) in [6.45, 7) is 1.05. The van der Waals surface area contributed by atoms with Crippen LogP contribution < -0.4 is 0 Å². The molecule has 154 valence electrons. The largest absolute Gasteiger partial charge is 0.411 e. The molecule has 0 saturated heterocycles. The Morgan fingerprint density at radius 1 is 1.03 bits per heavy atom. The van der Waals surface area contributed by atoms with Crippen molar-refractivity contribution in [2.45, 2.75) is 13.0 Å². The minimum Gasteiger partial charge on any atom is -0.411 e. The van der Waals surface area contributed by atoms with Crippen LogP contribution in [0.1, 0.15) is 22.1 Å². The average molecular weight is 414 g/mol. The van der Waals surface area contributed by atoms with Gasteiger partial charge >= 0.3 is 11.8 Å². The van der Waals surface area contributed by atoms with Crippen molar-refractivity contribution >= 4 is 16.8 Å². The molecule has 0 radical (unpaired) electrons. The number of imidazole rings is 1. The summed E-state index contributed by atoms with van der Waals surface area (Å²) in [5.74, 6) is -0.0637. The first-order valence-corrected chi connectivity index (χ1v) is 9.71. The molecule has 0 saturated carbocycles. The van der Waals surface area contributed by atoms with E-state index in [0.29, 0.717) is 25.2 Å². The maximum Gasteiger partial charge on any atom is 0.311 e. The number of nitrogens with zero attached hydrogens (tertiary/aromatic N) is 6. The predicted molar refractivity (Wildman–Crippen MR) is 111 cm³/mol. The molecule has 0 unspecified atom stereocenters. The number of fused-ring (bicyclic) bond motifs is 2. The van der Waals surface area contributed by atoms with Crippen LogP contribution in [0.5, 0.6) is 0 Å². The van der Waals surface area contributed by atoms with Crippen molar-refractivity contribution < 1.29 is 9.21 Å². The van der Waals surface area contributed by atoms with E-state index >= 15 is 0 Å². The van der Waals surface area contributed by atoms with Gasteiger partial charge in [-0.15, -0.1) is 10.2 Å². The van der Waals surface area contributed by atoms with Gasteiger partial charge in [0.25, 0.3) is 5.89 Å². The van der Waals surface area contributed by atoms with Gasteiger partial charge in [-0.3, -0.25) is 14.9 Å². The van der Waals surface area contributed by atoms with E-state index < -0.39 is 0 Å². The third-order valence-electron chi connectivity index (χ3n) is 4.91. The smallest absolute Gasteiger partial charge is 0.311 e. The van der Waals surface area contributed by atoms with Crippen molar-refractivity contribution in [1.29, 1.82) is 0 Å². The van der Waals surface area contributed by atoms with Gasteiger partial charge < -0.3 is 14.3 Å². The molecule has 0 bridgehead atoms. The normalized spacial score (nSPS) is 12.8. The van der Waals surface area contributed by atoms with Crippen molar-refractivity contribution in [1.82, 2.24) is 40.2 Å². The van der Waals surface area contributed by atoms with Crippen molar-refractivity contribution in [3.8, 4) is 11.6 Å². The van der Waals surface area contributed by atoms with Crippen molar-refractivity contribution in [3.05, 3.63) is 78.5 Å². The number of rotatable bonds is 2. The van der Waals surface area contributed by atoms with Gasteiger partial charge in [0.05, 0.1) is 29.8 Å². The number of para-hydroxylation sites is 1. The summed E-state index contributed by atoms with van der Waals surface area (Å²) in [5.41, 5.74) is 3.59. The first-order chi connectivity index (χ1) is 15.3. The van der Waals surface area contributed by atoms with Gasteiger partial charge in [-0.1, -0.05) is 24.3 Å². The number of H-pyrrole nitrogens is 2. The molecule has 1 amide bonds. The Morgan fingerprint density at radius 3 is 2.81 bits per heavy atom. The zero-order valence-electron chi connectivity index (χ0n) is 16.4. The number of carbonyl (C=O) groups excluding carboxylic acids is 1. The van der Waals surface area contributed by atoms with Gasteiger partial charge in [-0.25, -0.2) is 4.98 Å². The van der Waals surface area contributed by atoms with E-state index in [0.717, 1.165) is 16.9 Å². The lowest BCUT2D eigenvalue weighted by Crippen LogP contribution is -2.36. The lowest BCUT2D eigenvalue weighted by atomic mass is 10.1. The molecular formula is C21H18N8O2. The molecule has 0 spiro atoms. The lowest BCUT2D eigenvalue weighted by molar-refractivity contribution is 0.0692. The van der Waals surface area contributed by atoms with Crippen molar-refractivity contribution in [2.75, 3.05) is 6.54 Å². The predicted octanol–water partition coefficient (Wildman–Crippen LogP) is 2.62. The molecule has 0 aliphatic carbocycles. The summed E-state index contributed by atoms with van der Waals surface area (Å²) in [5, 5.41) is 15.4. The first kappa shape index (κ1) is 18.7. The molecule has 1 aliphatic heterocycles. The second-order valence-corrected chi connectivity index (χ2v) is 6.88. The minimum atomic E-state index is -0.284. The van der Waals surface area contributed by atoms with E-state index in [1.165, 1.54) is 5.39 Å². The average Bonchev–Trinajstić information content (AvgIpc) is 3.60. The van der Waals surface area contributed by atoms with E-state index in [1.54, 1.807) is 23.5 Å². The van der Waals surface area contributed by atoms with Gasteiger partial charge in [-0.05, 0) is 18.2 Å². The SMILES string of the molecule is O=C(c1nnc(-c2ccn[nH]2)o1)N1CCc2nc[nH]c2C1.c1ccc2ncccc2c1. The summed E-state index contributed by atoms with van der Waals surface area (Å²) in [4.78, 5) is 25.5. The standard InChI is InChI=1S/C12H11N7O2.C9H7N/c20-12(19-4-2-7-9(5-19)14-6-13-7)11-18-17-10(21-11)8-1-3-15-16-8;1-2-6-9-8(4-1)5-3-7-10-9/h1,3,6H,2,4-5H2,(H,13,14)(H,15,16);1-7H. The Bertz CT molecular complexity index is 1240. The minimum absolute atomic E-state index is 0.0254. The van der Waals surface area contributed by atoms with E-state index in [2.05, 4.69) is 47.5 Å². The highest BCUT2D eigenvalue weighted by molar-refractivity contribution is 5.89. The summed E-state index contributed by atoms with van der Waals surface area (Å²) in [7, 11) is 0. The van der Waals surface area contributed by atoms with Gasteiger partial charge in [0.15, 0.2) is 0 Å². The Hall–Kier alpha value is -4.34. The number of hydrogen-bond acceptors (Lipinski definition) is 7. The third-order valence-corrected chi connectivity index (χ3v) is 4.91. The number of amides is 1. The summed E-state index contributed by atoms with van der Waals surface area (Å²) < 4.78 is 5.40. The summed E-state index contributed by atoms with van der Waals surface area (Å²) in [6.07, 6.45) is 5.74. The third kappa shape index (κ3) is 3.90. The fourth-order valence-electron chi connectivity index (χ4n) is 3.33. The van der Waals surface area contributed by atoms with Crippen LogP contribution in [-0.2, 0) is 13.0 Å².